The van der Waals surface area contributed by atoms with Crippen LogP contribution in [0, 0.1) is 0 Å². The Morgan fingerprint density at radius 3 is 2.82 bits per heavy atom. The average molecular weight is 154 g/mol. The van der Waals surface area contributed by atoms with E-state index in [1.807, 2.05) is 19.1 Å². The van der Waals surface area contributed by atoms with Crippen LogP contribution in [0.1, 0.15) is 19.8 Å². The Labute approximate surface area is 67.6 Å². The van der Waals surface area contributed by atoms with Gasteiger partial charge in [-0.15, -0.1) is 0 Å². The topological polar surface area (TPSA) is 26.3 Å². The summed E-state index contributed by atoms with van der Waals surface area (Å²) in [5.74, 6) is -0.199. The van der Waals surface area contributed by atoms with Crippen molar-refractivity contribution in [3.05, 3.63) is 24.8 Å². The van der Waals surface area contributed by atoms with Crippen LogP contribution in [0.5, 0.6) is 0 Å². The maximum Gasteiger partial charge on any atom is 0.309 e. The third-order valence-electron chi connectivity index (χ3n) is 1.05. The van der Waals surface area contributed by atoms with Gasteiger partial charge >= 0.3 is 5.97 Å². The van der Waals surface area contributed by atoms with Gasteiger partial charge in [0.25, 0.3) is 0 Å². The van der Waals surface area contributed by atoms with Gasteiger partial charge in [0.15, 0.2) is 0 Å². The molecule has 0 saturated heterocycles. The Morgan fingerprint density at radius 1 is 1.55 bits per heavy atom. The van der Waals surface area contributed by atoms with E-state index in [1.54, 1.807) is 6.08 Å². The summed E-state index contributed by atoms with van der Waals surface area (Å²) in [6.45, 7) is 5.76. The Hall–Kier alpha value is -1.05. The number of carbonyl (C=O) groups is 1. The van der Waals surface area contributed by atoms with Gasteiger partial charge in [0.1, 0.15) is 6.61 Å². The lowest BCUT2D eigenvalue weighted by Gasteiger charge is -1.96. The fourth-order valence-electron chi connectivity index (χ4n) is 0.557. The minimum absolute atomic E-state index is 0.199. The van der Waals surface area contributed by atoms with Gasteiger partial charge in [-0.3, -0.25) is 4.79 Å². The van der Waals surface area contributed by atoms with Crippen molar-refractivity contribution in [2.45, 2.75) is 19.8 Å². The highest BCUT2D eigenvalue weighted by molar-refractivity contribution is 5.71. The Morgan fingerprint density at radius 2 is 2.27 bits per heavy atom. The zero-order chi connectivity index (χ0) is 8.53. The molecule has 0 radical (unpaired) electrons. The lowest BCUT2D eigenvalue weighted by atomic mass is 10.3. The zero-order valence-electron chi connectivity index (χ0n) is 6.88. The number of carbonyl (C=O) groups excluding carboxylic acids is 1. The molecule has 0 heterocycles. The van der Waals surface area contributed by atoms with E-state index < -0.39 is 0 Å². The Kier molecular flexibility index (Phi) is 6.39. The van der Waals surface area contributed by atoms with Crippen LogP contribution >= 0.6 is 0 Å². The molecule has 0 atom stereocenters. The zero-order valence-corrected chi connectivity index (χ0v) is 6.88. The van der Waals surface area contributed by atoms with Gasteiger partial charge < -0.3 is 4.74 Å². The molecule has 0 aromatic carbocycles. The molecule has 0 aromatic rings. The van der Waals surface area contributed by atoms with E-state index >= 15 is 0 Å². The summed E-state index contributed by atoms with van der Waals surface area (Å²) >= 11 is 0. The normalized spacial score (nSPS) is 9.91. The molecule has 0 N–H and O–H groups in total. The lowest BCUT2D eigenvalue weighted by Crippen LogP contribution is -2.01. The van der Waals surface area contributed by atoms with Crippen LogP contribution in [0.4, 0.5) is 0 Å². The molecular weight excluding hydrogens is 140 g/mol. The number of rotatable bonds is 5. The molecule has 0 aliphatic rings. The number of allylic oxidation sites excluding steroid dienone is 1. The van der Waals surface area contributed by atoms with Crippen molar-refractivity contribution in [1.29, 1.82) is 0 Å². The number of esters is 1. The first kappa shape index (κ1) is 9.95. The molecule has 0 unspecified atom stereocenters. The van der Waals surface area contributed by atoms with Gasteiger partial charge in [-0.05, 0) is 6.42 Å². The van der Waals surface area contributed by atoms with Crippen LogP contribution in [-0.4, -0.2) is 12.6 Å². The summed E-state index contributed by atoms with van der Waals surface area (Å²) in [6, 6.07) is 0. The van der Waals surface area contributed by atoms with Crippen molar-refractivity contribution in [2.75, 3.05) is 6.61 Å². The van der Waals surface area contributed by atoms with Crippen LogP contribution in [0.2, 0.25) is 0 Å². The average Bonchev–Trinajstić information content (AvgIpc) is 2.01. The lowest BCUT2D eigenvalue weighted by molar-refractivity contribution is -0.141. The molecule has 0 amide bonds. The van der Waals surface area contributed by atoms with E-state index in [0.717, 1.165) is 6.42 Å². The number of ether oxygens (including phenoxy) is 1. The van der Waals surface area contributed by atoms with E-state index in [2.05, 4.69) is 6.58 Å². The van der Waals surface area contributed by atoms with E-state index in [4.69, 9.17) is 4.74 Å². The standard InChI is InChI=1S/C9H14O2/c1-3-5-6-7-9(10)11-8-4-2/h4-6H,2-3,7-8H2,1H3/b6-5+. The second-order valence-electron chi connectivity index (χ2n) is 2.06. The van der Waals surface area contributed by atoms with Crippen molar-refractivity contribution in [3.8, 4) is 0 Å². The van der Waals surface area contributed by atoms with Crippen molar-refractivity contribution >= 4 is 5.97 Å². The third-order valence-corrected chi connectivity index (χ3v) is 1.05. The van der Waals surface area contributed by atoms with E-state index in [-0.39, 0.29) is 5.97 Å². The predicted molar refractivity (Wildman–Crippen MR) is 45.2 cm³/mol. The molecule has 0 saturated carbocycles. The maximum absolute atomic E-state index is 10.8. The first-order chi connectivity index (χ1) is 5.31. The largest absolute Gasteiger partial charge is 0.461 e. The van der Waals surface area contributed by atoms with Crippen LogP contribution in [0.3, 0.4) is 0 Å². The second kappa shape index (κ2) is 7.06. The molecule has 0 aliphatic carbocycles. The van der Waals surface area contributed by atoms with Crippen molar-refractivity contribution in [2.24, 2.45) is 0 Å². The predicted octanol–water partition coefficient (Wildman–Crippen LogP) is 2.07. The van der Waals surface area contributed by atoms with Crippen molar-refractivity contribution in [1.82, 2.24) is 0 Å². The van der Waals surface area contributed by atoms with Crippen LogP contribution in [0.15, 0.2) is 24.8 Å². The number of hydrogen-bond acceptors (Lipinski definition) is 2. The van der Waals surface area contributed by atoms with E-state index in [1.165, 1.54) is 0 Å². The summed E-state index contributed by atoms with van der Waals surface area (Å²) in [5.41, 5.74) is 0. The molecule has 0 aromatic heterocycles. The first-order valence-electron chi connectivity index (χ1n) is 3.72. The molecule has 0 aliphatic heterocycles. The minimum atomic E-state index is -0.199. The summed E-state index contributed by atoms with van der Waals surface area (Å²) < 4.78 is 4.73. The molecule has 0 fully saturated rings. The number of hydrogen-bond donors (Lipinski definition) is 0. The van der Waals surface area contributed by atoms with Crippen molar-refractivity contribution < 1.29 is 9.53 Å². The quantitative estimate of drug-likeness (QED) is 0.447. The smallest absolute Gasteiger partial charge is 0.309 e. The molecule has 2 nitrogen and oxygen atoms in total. The SMILES string of the molecule is C=CCOC(=O)C/C=C/CC. The van der Waals surface area contributed by atoms with Gasteiger partial charge in [0, 0.05) is 0 Å². The molecule has 0 spiro atoms. The van der Waals surface area contributed by atoms with E-state index in [0.29, 0.717) is 13.0 Å². The van der Waals surface area contributed by atoms with Gasteiger partial charge in [-0.2, -0.15) is 0 Å². The first-order valence-corrected chi connectivity index (χ1v) is 3.72. The summed E-state index contributed by atoms with van der Waals surface area (Å²) in [5, 5.41) is 0. The molecule has 0 bridgehead atoms. The fourth-order valence-corrected chi connectivity index (χ4v) is 0.557. The van der Waals surface area contributed by atoms with Gasteiger partial charge in [-0.1, -0.05) is 31.7 Å². The Balaban J connectivity index is 3.36. The van der Waals surface area contributed by atoms with Crippen molar-refractivity contribution in [3.63, 3.8) is 0 Å². The summed E-state index contributed by atoms with van der Waals surface area (Å²) in [6.07, 6.45) is 6.62. The maximum atomic E-state index is 10.8. The van der Waals surface area contributed by atoms with Gasteiger partial charge in [-0.25, -0.2) is 0 Å². The van der Waals surface area contributed by atoms with Gasteiger partial charge in [0.05, 0.1) is 6.42 Å². The van der Waals surface area contributed by atoms with Gasteiger partial charge in [0.2, 0.25) is 0 Å². The van der Waals surface area contributed by atoms with E-state index in [9.17, 15) is 4.79 Å². The summed E-state index contributed by atoms with van der Waals surface area (Å²) in [7, 11) is 0. The molecule has 11 heavy (non-hydrogen) atoms. The highest BCUT2D eigenvalue weighted by Gasteiger charge is 1.95. The van der Waals surface area contributed by atoms with Crippen LogP contribution < -0.4 is 0 Å². The highest BCUT2D eigenvalue weighted by Crippen LogP contribution is 1.90. The third kappa shape index (κ3) is 6.84. The molecule has 62 valence electrons. The van der Waals surface area contributed by atoms with Crippen LogP contribution in [-0.2, 0) is 9.53 Å². The second-order valence-corrected chi connectivity index (χ2v) is 2.06. The monoisotopic (exact) mass is 154 g/mol. The summed E-state index contributed by atoms with van der Waals surface area (Å²) in [4.78, 5) is 10.8. The van der Waals surface area contributed by atoms with Crippen LogP contribution in [0.25, 0.3) is 0 Å². The molecule has 0 rings (SSSR count). The molecule has 2 heteroatoms. The fraction of sp³-hybridized carbons (Fsp3) is 0.444. The minimum Gasteiger partial charge on any atom is -0.461 e. The Bertz CT molecular complexity index is 148. The molecular formula is C9H14O2. The highest BCUT2D eigenvalue weighted by atomic mass is 16.5.